The summed E-state index contributed by atoms with van der Waals surface area (Å²) >= 11 is 5.04. The molecule has 0 radical (unpaired) electrons. The fraction of sp³-hybridized carbons (Fsp3) is 0.231. The third kappa shape index (κ3) is 3.88. The Morgan fingerprint density at radius 3 is 2.70 bits per heavy atom. The van der Waals surface area contributed by atoms with Gasteiger partial charge in [0.05, 0.1) is 26.7 Å². The van der Waals surface area contributed by atoms with Gasteiger partial charge in [-0.25, -0.2) is 0 Å². The number of thiazole rings is 2. The maximum absolute atomic E-state index is 13.1. The number of aryl methyl sites for hydroxylation is 1. The van der Waals surface area contributed by atoms with Gasteiger partial charge in [-0.15, -0.1) is 11.3 Å². The van der Waals surface area contributed by atoms with E-state index in [0.29, 0.717) is 6.54 Å². The fourth-order valence-electron chi connectivity index (χ4n) is 4.27. The molecule has 0 spiro atoms. The molecule has 3 heterocycles. The molecule has 1 aliphatic heterocycles. The minimum absolute atomic E-state index is 0.0792. The highest BCUT2D eigenvalue weighted by atomic mass is 32.2. The summed E-state index contributed by atoms with van der Waals surface area (Å²) < 4.78 is 5.92. The van der Waals surface area contributed by atoms with Gasteiger partial charge in [0, 0.05) is 30.8 Å². The van der Waals surface area contributed by atoms with Crippen LogP contribution in [0, 0.1) is 6.92 Å². The molecule has 4 nitrogen and oxygen atoms in total. The van der Waals surface area contributed by atoms with Crippen molar-refractivity contribution < 1.29 is 4.57 Å². The minimum Gasteiger partial charge on any atom is -0.338 e. The zero-order valence-corrected chi connectivity index (χ0v) is 21.6. The van der Waals surface area contributed by atoms with Crippen molar-refractivity contribution in [3.8, 4) is 0 Å². The number of nitrogens with zero attached hydrogens (tertiary/aromatic N) is 3. The first kappa shape index (κ1) is 22.2. The highest BCUT2D eigenvalue weighted by Gasteiger charge is 2.23. The monoisotopic (exact) mass is 492 g/mol. The molecular formula is C26H26N3OS3+. The molecular weight excluding hydrogens is 467 g/mol. The lowest BCUT2D eigenvalue weighted by Gasteiger charge is -2.15. The predicted octanol–water partition coefficient (Wildman–Crippen LogP) is 4.45. The molecule has 0 unspecified atom stereocenters. The summed E-state index contributed by atoms with van der Waals surface area (Å²) in [5.41, 5.74) is 2.57. The summed E-state index contributed by atoms with van der Waals surface area (Å²) in [6, 6.07) is 12.9. The zero-order chi connectivity index (χ0) is 23.1. The van der Waals surface area contributed by atoms with Gasteiger partial charge in [-0.05, 0) is 37.5 Å². The van der Waals surface area contributed by atoms with Crippen LogP contribution in [0.4, 0.5) is 5.69 Å². The molecule has 7 heteroatoms. The maximum Gasteiger partial charge on any atom is 0.269 e. The largest absolute Gasteiger partial charge is 0.338 e. The van der Waals surface area contributed by atoms with Gasteiger partial charge in [-0.3, -0.25) is 9.36 Å². The van der Waals surface area contributed by atoms with Gasteiger partial charge in [0.2, 0.25) is 0 Å². The highest BCUT2D eigenvalue weighted by molar-refractivity contribution is 8.03. The lowest BCUT2D eigenvalue weighted by atomic mass is 10.1. The van der Waals surface area contributed by atoms with Gasteiger partial charge in [0.1, 0.15) is 11.2 Å². The molecule has 2 aromatic heterocycles. The first-order valence-electron chi connectivity index (χ1n) is 11.1. The summed E-state index contributed by atoms with van der Waals surface area (Å²) in [6.45, 7) is 7.90. The van der Waals surface area contributed by atoms with Crippen molar-refractivity contribution in [1.82, 2.24) is 4.57 Å². The number of allylic oxidation sites excluding steroid dienone is 1. The van der Waals surface area contributed by atoms with E-state index >= 15 is 0 Å². The second-order valence-electron chi connectivity index (χ2n) is 7.92. The first-order chi connectivity index (χ1) is 16.0. The third-order valence-electron chi connectivity index (χ3n) is 5.98. The Morgan fingerprint density at radius 2 is 1.91 bits per heavy atom. The van der Waals surface area contributed by atoms with Crippen molar-refractivity contribution in [1.29, 1.82) is 0 Å². The maximum atomic E-state index is 13.1. The van der Waals surface area contributed by atoms with Gasteiger partial charge in [-0.2, -0.15) is 4.57 Å². The number of hydrogen-bond acceptors (Lipinski definition) is 5. The van der Waals surface area contributed by atoms with Crippen LogP contribution in [0.3, 0.4) is 0 Å². The van der Waals surface area contributed by atoms with E-state index in [9.17, 15) is 4.79 Å². The Labute approximate surface area is 205 Å². The van der Waals surface area contributed by atoms with Crippen LogP contribution in [0.25, 0.3) is 22.9 Å². The van der Waals surface area contributed by atoms with Crippen molar-refractivity contribution in [2.24, 2.45) is 0 Å². The van der Waals surface area contributed by atoms with E-state index in [2.05, 4.69) is 84.3 Å². The summed E-state index contributed by atoms with van der Waals surface area (Å²) in [4.78, 5) is 16.6. The average Bonchev–Trinajstić information content (AvgIpc) is 3.45. The van der Waals surface area contributed by atoms with Gasteiger partial charge >= 0.3 is 0 Å². The zero-order valence-electron chi connectivity index (χ0n) is 19.2. The summed E-state index contributed by atoms with van der Waals surface area (Å²) in [5.74, 6) is 0. The van der Waals surface area contributed by atoms with Crippen molar-refractivity contribution in [3.63, 3.8) is 0 Å². The van der Waals surface area contributed by atoms with Crippen LogP contribution >= 0.6 is 34.4 Å². The van der Waals surface area contributed by atoms with E-state index in [1.54, 1.807) is 34.4 Å². The van der Waals surface area contributed by atoms with E-state index in [1.807, 2.05) is 17.6 Å². The molecule has 2 aromatic carbocycles. The normalized spacial score (nSPS) is 15.9. The summed E-state index contributed by atoms with van der Waals surface area (Å²) in [6.07, 6.45) is 6.22. The SMILES string of the molecule is CCn1c(=O)/c(=C/C=C2/Sc3ccc4ccccc4c3N2C)s/c1=C/c1scc(C)[n+]1CC. The molecule has 1 aliphatic rings. The summed E-state index contributed by atoms with van der Waals surface area (Å²) in [7, 11) is 2.10. The number of thioether (sulfide) groups is 1. The number of anilines is 1. The third-order valence-corrected chi connectivity index (χ3v) is 9.26. The fourth-order valence-corrected chi connectivity index (χ4v) is 7.47. The number of hydrogen-bond donors (Lipinski definition) is 0. The van der Waals surface area contributed by atoms with E-state index in [1.165, 1.54) is 32.1 Å². The number of rotatable bonds is 4. The van der Waals surface area contributed by atoms with Crippen LogP contribution in [0.15, 0.2) is 62.6 Å². The van der Waals surface area contributed by atoms with Crippen LogP contribution in [-0.2, 0) is 13.1 Å². The molecule has 0 fully saturated rings. The van der Waals surface area contributed by atoms with E-state index in [-0.39, 0.29) is 5.56 Å². The van der Waals surface area contributed by atoms with Crippen LogP contribution in [0.2, 0.25) is 0 Å². The van der Waals surface area contributed by atoms with E-state index in [4.69, 9.17) is 0 Å². The van der Waals surface area contributed by atoms with Crippen molar-refractivity contribution >= 4 is 63.0 Å². The molecule has 0 N–H and O–H groups in total. The quantitative estimate of drug-likeness (QED) is 0.394. The van der Waals surface area contributed by atoms with Gasteiger partial charge in [0.15, 0.2) is 5.69 Å². The highest BCUT2D eigenvalue weighted by Crippen LogP contribution is 2.48. The van der Waals surface area contributed by atoms with E-state index < -0.39 is 0 Å². The minimum atomic E-state index is 0.0792. The first-order valence-corrected chi connectivity index (χ1v) is 13.6. The van der Waals surface area contributed by atoms with Crippen LogP contribution in [0.5, 0.6) is 0 Å². The number of benzene rings is 2. The van der Waals surface area contributed by atoms with Crippen LogP contribution < -0.4 is 24.2 Å². The molecule has 168 valence electrons. The summed E-state index contributed by atoms with van der Waals surface area (Å²) in [5, 5.41) is 6.97. The Hall–Kier alpha value is -2.61. The molecule has 0 bridgehead atoms. The average molecular weight is 493 g/mol. The molecule has 4 aromatic rings. The molecule has 0 aliphatic carbocycles. The standard InChI is InChI=1S/C26H26N3OS3/c1-5-28-17(3)16-31-23(28)15-24-29(6-2)26(30)21(33-24)13-14-22-27(4)25-19-10-8-7-9-18(19)11-12-20(25)32-22/h7-16H,5-6H2,1-4H3/q+1/b21-13-,22-14+. The molecule has 0 atom stereocenters. The molecule has 0 amide bonds. The van der Waals surface area contributed by atoms with Crippen molar-refractivity contribution in [2.75, 3.05) is 11.9 Å². The molecule has 5 rings (SSSR count). The second-order valence-corrected chi connectivity index (χ2v) is 10.9. The van der Waals surface area contributed by atoms with Crippen molar-refractivity contribution in [2.45, 2.75) is 38.8 Å². The smallest absolute Gasteiger partial charge is 0.269 e. The molecule has 0 saturated carbocycles. The topological polar surface area (TPSA) is 29.1 Å². The number of aromatic nitrogens is 2. The lowest BCUT2D eigenvalue weighted by molar-refractivity contribution is -0.696. The van der Waals surface area contributed by atoms with Crippen LogP contribution in [0.1, 0.15) is 24.5 Å². The van der Waals surface area contributed by atoms with Gasteiger partial charge in [-0.1, -0.05) is 53.4 Å². The lowest BCUT2D eigenvalue weighted by Crippen LogP contribution is -2.37. The Morgan fingerprint density at radius 1 is 1.09 bits per heavy atom. The Balaban J connectivity index is 1.57. The second kappa shape index (κ2) is 8.97. The molecule has 33 heavy (non-hydrogen) atoms. The Kier molecular flexibility index (Phi) is 6.03. The Bertz CT molecular complexity index is 1570. The van der Waals surface area contributed by atoms with Gasteiger partial charge in [0.25, 0.3) is 10.6 Å². The van der Waals surface area contributed by atoms with Crippen molar-refractivity contribution in [3.05, 3.63) is 83.1 Å². The number of fused-ring (bicyclic) bond motifs is 3. The molecule has 0 saturated heterocycles. The predicted molar refractivity (Wildman–Crippen MR) is 143 cm³/mol. The van der Waals surface area contributed by atoms with Gasteiger partial charge < -0.3 is 4.90 Å². The van der Waals surface area contributed by atoms with E-state index in [0.717, 1.165) is 20.8 Å². The van der Waals surface area contributed by atoms with Crippen LogP contribution in [-0.4, -0.2) is 11.6 Å².